The van der Waals surface area contributed by atoms with Crippen LogP contribution in [0.4, 0.5) is 4.79 Å². The first-order chi connectivity index (χ1) is 10.3. The van der Waals surface area contributed by atoms with Crippen LogP contribution < -0.4 is 0 Å². The number of rotatable bonds is 2. The zero-order chi connectivity index (χ0) is 16.3. The highest BCUT2D eigenvalue weighted by Crippen LogP contribution is 2.33. The number of nitrogens with zero attached hydrogens (tertiary/aromatic N) is 1. The predicted molar refractivity (Wildman–Crippen MR) is 82.8 cm³/mol. The van der Waals surface area contributed by atoms with Crippen LogP contribution in [-0.2, 0) is 9.53 Å². The molecule has 0 spiro atoms. The van der Waals surface area contributed by atoms with E-state index in [-0.39, 0.29) is 5.92 Å². The van der Waals surface area contributed by atoms with Crippen molar-refractivity contribution in [3.05, 3.63) is 35.9 Å². The molecule has 22 heavy (non-hydrogen) atoms. The lowest BCUT2D eigenvalue weighted by atomic mass is 9.83. The fourth-order valence-corrected chi connectivity index (χ4v) is 2.88. The Morgan fingerprint density at radius 1 is 1.23 bits per heavy atom. The topological polar surface area (TPSA) is 66.8 Å². The Bertz CT molecular complexity index is 535. The zero-order valence-electron chi connectivity index (χ0n) is 13.3. The van der Waals surface area contributed by atoms with Gasteiger partial charge in [0.05, 0.1) is 0 Å². The number of hydrogen-bond donors (Lipinski definition) is 1. The summed E-state index contributed by atoms with van der Waals surface area (Å²) in [6, 6.07) is 8.62. The van der Waals surface area contributed by atoms with E-state index in [2.05, 4.69) is 0 Å². The van der Waals surface area contributed by atoms with Crippen molar-refractivity contribution >= 4 is 12.1 Å². The van der Waals surface area contributed by atoms with Crippen molar-refractivity contribution in [3.63, 3.8) is 0 Å². The quantitative estimate of drug-likeness (QED) is 0.910. The Morgan fingerprint density at radius 3 is 2.41 bits per heavy atom. The van der Waals surface area contributed by atoms with Crippen LogP contribution in [0, 0.1) is 0 Å². The minimum absolute atomic E-state index is 0.208. The number of carbonyl (C=O) groups excluding carboxylic acids is 1. The number of carbonyl (C=O) groups is 2. The summed E-state index contributed by atoms with van der Waals surface area (Å²) in [5.74, 6) is -1.20. The van der Waals surface area contributed by atoms with Gasteiger partial charge in [0.1, 0.15) is 11.6 Å². The summed E-state index contributed by atoms with van der Waals surface area (Å²) in [5.41, 5.74) is 0.308. The molecule has 0 saturated carbocycles. The zero-order valence-corrected chi connectivity index (χ0v) is 13.3. The number of hydrogen-bond acceptors (Lipinski definition) is 3. The molecule has 1 N–H and O–H groups in total. The van der Waals surface area contributed by atoms with Crippen molar-refractivity contribution in [1.82, 2.24) is 4.90 Å². The highest BCUT2D eigenvalue weighted by atomic mass is 16.6. The van der Waals surface area contributed by atoms with Crippen LogP contribution in [0.15, 0.2) is 30.3 Å². The maximum absolute atomic E-state index is 12.3. The number of carboxylic acid groups (broad SMARTS) is 1. The molecule has 5 nitrogen and oxygen atoms in total. The number of likely N-dealkylation sites (tertiary alicyclic amines) is 1. The molecule has 0 aliphatic carbocycles. The normalized spacial score (nSPS) is 22.2. The maximum atomic E-state index is 12.3. The number of carboxylic acids is 1. The molecule has 1 saturated heterocycles. The van der Waals surface area contributed by atoms with Crippen LogP contribution >= 0.6 is 0 Å². The minimum Gasteiger partial charge on any atom is -0.480 e. The molecule has 1 aliphatic heterocycles. The molecule has 0 unspecified atom stereocenters. The van der Waals surface area contributed by atoms with Gasteiger partial charge in [-0.25, -0.2) is 9.59 Å². The summed E-state index contributed by atoms with van der Waals surface area (Å²) in [5, 5.41) is 9.64. The van der Waals surface area contributed by atoms with E-state index in [1.165, 1.54) is 4.90 Å². The lowest BCUT2D eigenvalue weighted by molar-refractivity contribution is -0.145. The largest absolute Gasteiger partial charge is 0.480 e. The molecular weight excluding hydrogens is 282 g/mol. The molecule has 2 atom stereocenters. The molecule has 1 aromatic rings. The minimum atomic E-state index is -0.987. The SMILES string of the molecule is CC(C)(C)OC(=O)N1CCC[C@@H](c2ccccc2)[C@@H]1C(=O)O. The summed E-state index contributed by atoms with van der Waals surface area (Å²) in [6.07, 6.45) is 0.962. The van der Waals surface area contributed by atoms with Gasteiger partial charge in [0.15, 0.2) is 0 Å². The molecule has 0 bridgehead atoms. The Morgan fingerprint density at radius 2 is 1.86 bits per heavy atom. The van der Waals surface area contributed by atoms with Gasteiger partial charge in [-0.05, 0) is 39.2 Å². The summed E-state index contributed by atoms with van der Waals surface area (Å²) >= 11 is 0. The van der Waals surface area contributed by atoms with Crippen molar-refractivity contribution in [2.75, 3.05) is 6.54 Å². The summed E-state index contributed by atoms with van der Waals surface area (Å²) < 4.78 is 5.37. The lowest BCUT2D eigenvalue weighted by Crippen LogP contribution is -2.53. The maximum Gasteiger partial charge on any atom is 0.411 e. The Labute approximate surface area is 130 Å². The fraction of sp³-hybridized carbons (Fsp3) is 0.529. The van der Waals surface area contributed by atoms with Crippen molar-refractivity contribution in [2.45, 2.75) is 51.2 Å². The number of amides is 1. The van der Waals surface area contributed by atoms with Crippen LogP contribution in [0.2, 0.25) is 0 Å². The van der Waals surface area contributed by atoms with Gasteiger partial charge in [0.2, 0.25) is 0 Å². The molecule has 5 heteroatoms. The van der Waals surface area contributed by atoms with Crippen molar-refractivity contribution in [1.29, 1.82) is 0 Å². The molecule has 0 aromatic heterocycles. The lowest BCUT2D eigenvalue weighted by Gasteiger charge is -2.39. The average molecular weight is 305 g/mol. The average Bonchev–Trinajstić information content (AvgIpc) is 2.45. The Kier molecular flexibility index (Phi) is 4.74. The standard InChI is InChI=1S/C17H23NO4/c1-17(2,3)22-16(21)18-11-7-10-13(14(18)15(19)20)12-8-5-4-6-9-12/h4-6,8-9,13-14H,7,10-11H2,1-3H3,(H,19,20)/t13-,14+/m0/s1. The molecule has 2 rings (SSSR count). The molecule has 0 radical (unpaired) electrons. The molecule has 1 fully saturated rings. The van der Waals surface area contributed by atoms with Gasteiger partial charge in [0.25, 0.3) is 0 Å². The van der Waals surface area contributed by atoms with Gasteiger partial charge in [-0.3, -0.25) is 4.90 Å². The monoisotopic (exact) mass is 305 g/mol. The molecule has 120 valence electrons. The van der Waals surface area contributed by atoms with Crippen LogP contribution in [0.1, 0.15) is 45.1 Å². The summed E-state index contributed by atoms with van der Waals surface area (Å²) in [6.45, 7) is 5.74. The third-order valence-corrected chi connectivity index (χ3v) is 3.74. The molecular formula is C17H23NO4. The van der Waals surface area contributed by atoms with E-state index in [0.717, 1.165) is 18.4 Å². The first-order valence-electron chi connectivity index (χ1n) is 7.57. The van der Waals surface area contributed by atoms with Crippen molar-refractivity contribution in [3.8, 4) is 0 Å². The number of aliphatic carboxylic acids is 1. The van der Waals surface area contributed by atoms with Gasteiger partial charge in [-0.15, -0.1) is 0 Å². The van der Waals surface area contributed by atoms with E-state index >= 15 is 0 Å². The van der Waals surface area contributed by atoms with E-state index in [1.54, 1.807) is 20.8 Å². The molecule has 1 heterocycles. The highest BCUT2D eigenvalue weighted by molar-refractivity contribution is 5.81. The van der Waals surface area contributed by atoms with E-state index in [0.29, 0.717) is 6.54 Å². The first kappa shape index (κ1) is 16.3. The van der Waals surface area contributed by atoms with Crippen LogP contribution in [0.5, 0.6) is 0 Å². The molecule has 1 aliphatic rings. The molecule has 1 amide bonds. The van der Waals surface area contributed by atoms with Gasteiger partial charge in [-0.1, -0.05) is 30.3 Å². The Balaban J connectivity index is 2.27. The van der Waals surface area contributed by atoms with Crippen LogP contribution in [-0.4, -0.2) is 40.3 Å². The second kappa shape index (κ2) is 6.38. The van der Waals surface area contributed by atoms with Crippen molar-refractivity contribution < 1.29 is 19.4 Å². The van der Waals surface area contributed by atoms with Gasteiger partial charge in [0, 0.05) is 12.5 Å². The second-order valence-corrected chi connectivity index (χ2v) is 6.62. The number of benzene rings is 1. The van der Waals surface area contributed by atoms with E-state index in [4.69, 9.17) is 4.74 Å². The van der Waals surface area contributed by atoms with Gasteiger partial charge < -0.3 is 9.84 Å². The first-order valence-corrected chi connectivity index (χ1v) is 7.57. The molecule has 1 aromatic carbocycles. The summed E-state index contributed by atoms with van der Waals surface area (Å²) in [7, 11) is 0. The van der Waals surface area contributed by atoms with Gasteiger partial charge in [-0.2, -0.15) is 0 Å². The highest BCUT2D eigenvalue weighted by Gasteiger charge is 2.41. The Hall–Kier alpha value is -2.04. The fourth-order valence-electron chi connectivity index (χ4n) is 2.88. The summed E-state index contributed by atoms with van der Waals surface area (Å²) in [4.78, 5) is 25.5. The second-order valence-electron chi connectivity index (χ2n) is 6.62. The van der Waals surface area contributed by atoms with Crippen LogP contribution in [0.3, 0.4) is 0 Å². The van der Waals surface area contributed by atoms with E-state index < -0.39 is 23.7 Å². The van der Waals surface area contributed by atoms with Crippen LogP contribution in [0.25, 0.3) is 0 Å². The predicted octanol–water partition coefficient (Wildman–Crippen LogP) is 3.25. The van der Waals surface area contributed by atoms with E-state index in [1.807, 2.05) is 30.3 Å². The van der Waals surface area contributed by atoms with E-state index in [9.17, 15) is 14.7 Å². The smallest absolute Gasteiger partial charge is 0.411 e. The third kappa shape index (κ3) is 3.78. The van der Waals surface area contributed by atoms with Gasteiger partial charge >= 0.3 is 12.1 Å². The number of piperidine rings is 1. The number of ether oxygens (including phenoxy) is 1. The van der Waals surface area contributed by atoms with Crippen molar-refractivity contribution in [2.24, 2.45) is 0 Å². The third-order valence-electron chi connectivity index (χ3n) is 3.74.